The second-order valence-electron chi connectivity index (χ2n) is 6.98. The van der Waals surface area contributed by atoms with Crippen molar-refractivity contribution in [2.45, 2.75) is 19.4 Å². The minimum atomic E-state index is -0.315. The normalized spacial score (nSPS) is 16.9. The Morgan fingerprint density at radius 1 is 1.43 bits per heavy atom. The number of halogens is 2. The molecule has 9 heteroatoms. The summed E-state index contributed by atoms with van der Waals surface area (Å²) < 4.78 is 5.81. The fraction of sp³-hybridized carbons (Fsp3) is 0.368. The average Bonchev–Trinajstić information content (AvgIpc) is 3.00. The second-order valence-corrected chi connectivity index (χ2v) is 8.82. The molecule has 148 valence electrons. The Labute approximate surface area is 178 Å². The molecule has 0 unspecified atom stereocenters. The third-order valence-corrected chi connectivity index (χ3v) is 6.23. The Kier molecular flexibility index (Phi) is 6.18. The summed E-state index contributed by atoms with van der Waals surface area (Å²) in [6.45, 7) is 6.03. The van der Waals surface area contributed by atoms with Crippen LogP contribution in [0.1, 0.15) is 24.3 Å². The molecule has 0 amide bonds. The fourth-order valence-corrected chi connectivity index (χ4v) is 4.95. The van der Waals surface area contributed by atoms with Crippen LogP contribution in [0.25, 0.3) is 11.1 Å². The summed E-state index contributed by atoms with van der Waals surface area (Å²) in [5.74, 6) is 0.281. The van der Waals surface area contributed by atoms with Crippen molar-refractivity contribution in [1.82, 2.24) is 0 Å². The molecule has 0 aliphatic carbocycles. The number of hydrogen-bond donors (Lipinski definition) is 2. The maximum absolute atomic E-state index is 10.0. The second kappa shape index (κ2) is 8.27. The zero-order valence-electron chi connectivity index (χ0n) is 15.6. The molecule has 1 saturated heterocycles. The van der Waals surface area contributed by atoms with Gasteiger partial charge in [0.2, 0.25) is 0 Å². The van der Waals surface area contributed by atoms with Crippen molar-refractivity contribution in [2.24, 2.45) is 16.5 Å². The van der Waals surface area contributed by atoms with Gasteiger partial charge in [-0.2, -0.15) is 5.26 Å². The molecule has 1 aliphatic rings. The number of aliphatic imine (C=N–C) groups is 1. The highest BCUT2D eigenvalue weighted by molar-refractivity contribution is 7.19. The molecule has 6 nitrogen and oxygen atoms in total. The van der Waals surface area contributed by atoms with Gasteiger partial charge in [0, 0.05) is 34.3 Å². The monoisotopic (exact) mass is 437 g/mol. The van der Waals surface area contributed by atoms with Gasteiger partial charge in [0.25, 0.3) is 0 Å². The van der Waals surface area contributed by atoms with Gasteiger partial charge >= 0.3 is 0 Å². The third-order valence-electron chi connectivity index (χ3n) is 4.41. The summed E-state index contributed by atoms with van der Waals surface area (Å²) in [4.78, 5) is 6.98. The quantitative estimate of drug-likeness (QED) is 0.558. The lowest BCUT2D eigenvalue weighted by molar-refractivity contribution is -0.0275. The summed E-state index contributed by atoms with van der Waals surface area (Å²) in [5.41, 5.74) is 13.3. The number of nitriles is 1. The van der Waals surface area contributed by atoms with Crippen LogP contribution in [-0.4, -0.2) is 37.8 Å². The maximum atomic E-state index is 10.0. The van der Waals surface area contributed by atoms with Crippen LogP contribution in [0.2, 0.25) is 10.0 Å². The molecule has 28 heavy (non-hydrogen) atoms. The van der Waals surface area contributed by atoms with Gasteiger partial charge in [0.1, 0.15) is 16.9 Å². The lowest BCUT2D eigenvalue weighted by Crippen LogP contribution is -2.48. The number of thiophene rings is 1. The van der Waals surface area contributed by atoms with Gasteiger partial charge in [-0.15, -0.1) is 11.3 Å². The highest BCUT2D eigenvalue weighted by Crippen LogP contribution is 2.45. The van der Waals surface area contributed by atoms with Gasteiger partial charge in [0.05, 0.1) is 29.3 Å². The van der Waals surface area contributed by atoms with Crippen LogP contribution in [0.3, 0.4) is 0 Å². The molecule has 2 aromatic rings. The van der Waals surface area contributed by atoms with Crippen molar-refractivity contribution in [3.8, 4) is 17.2 Å². The Bertz CT molecular complexity index is 964. The molecule has 1 aliphatic heterocycles. The number of nitrogens with zero attached hydrogens (tertiary/aromatic N) is 3. The number of anilines is 1. The zero-order valence-corrected chi connectivity index (χ0v) is 18.0. The molecule has 1 aromatic heterocycles. The molecule has 0 saturated carbocycles. The number of rotatable bonds is 4. The maximum Gasteiger partial charge on any atom is 0.137 e. The van der Waals surface area contributed by atoms with Crippen LogP contribution in [0.4, 0.5) is 5.00 Å². The van der Waals surface area contributed by atoms with Crippen molar-refractivity contribution in [3.05, 3.63) is 38.7 Å². The van der Waals surface area contributed by atoms with E-state index < -0.39 is 0 Å². The predicted molar refractivity (Wildman–Crippen MR) is 117 cm³/mol. The lowest BCUT2D eigenvalue weighted by atomic mass is 10.0. The molecule has 0 bridgehead atoms. The molecule has 2 heterocycles. The number of amidine groups is 1. The molecule has 3 rings (SSSR count). The number of benzene rings is 1. The summed E-state index contributed by atoms with van der Waals surface area (Å²) >= 11 is 13.9. The molecular weight excluding hydrogens is 417 g/mol. The predicted octanol–water partition coefficient (Wildman–Crippen LogP) is 3.83. The average molecular weight is 438 g/mol. The molecule has 0 spiro atoms. The summed E-state index contributed by atoms with van der Waals surface area (Å²) in [7, 11) is 0. The van der Waals surface area contributed by atoms with Crippen LogP contribution in [-0.2, 0) is 4.74 Å². The first kappa shape index (κ1) is 20.9. The molecular formula is C19H21Cl2N5OS. The van der Waals surface area contributed by atoms with Crippen molar-refractivity contribution in [1.29, 1.82) is 5.26 Å². The van der Waals surface area contributed by atoms with E-state index in [0.29, 0.717) is 51.3 Å². The van der Waals surface area contributed by atoms with E-state index in [1.54, 1.807) is 18.2 Å². The minimum absolute atomic E-state index is 0.0549. The van der Waals surface area contributed by atoms with Gasteiger partial charge in [-0.05, 0) is 26.0 Å². The summed E-state index contributed by atoms with van der Waals surface area (Å²) in [5, 5.41) is 11.8. The van der Waals surface area contributed by atoms with Crippen molar-refractivity contribution >= 4 is 45.4 Å². The third kappa shape index (κ3) is 4.12. The van der Waals surface area contributed by atoms with Gasteiger partial charge in [-0.25, -0.2) is 0 Å². The molecule has 0 radical (unpaired) electrons. The molecule has 4 N–H and O–H groups in total. The van der Waals surface area contributed by atoms with Crippen LogP contribution in [0, 0.1) is 11.3 Å². The van der Waals surface area contributed by atoms with Gasteiger partial charge in [-0.1, -0.05) is 29.3 Å². The van der Waals surface area contributed by atoms with E-state index in [9.17, 15) is 5.26 Å². The van der Waals surface area contributed by atoms with E-state index in [-0.39, 0.29) is 18.1 Å². The van der Waals surface area contributed by atoms with Crippen molar-refractivity contribution < 1.29 is 4.74 Å². The molecule has 1 aromatic carbocycles. The number of ether oxygens (including phenoxy) is 1. The van der Waals surface area contributed by atoms with E-state index in [2.05, 4.69) is 16.0 Å². The SMILES string of the molecule is CC1(C)CN(c2sc(/C(N)=N/CN)c(-c3ccc(Cl)cc3Cl)c2C#N)CCO1. The van der Waals surface area contributed by atoms with Crippen LogP contribution in [0.5, 0.6) is 0 Å². The Morgan fingerprint density at radius 3 is 2.79 bits per heavy atom. The first-order valence-corrected chi connectivity index (χ1v) is 10.3. The first-order chi connectivity index (χ1) is 13.3. The first-order valence-electron chi connectivity index (χ1n) is 8.69. The Balaban J connectivity index is 2.23. The minimum Gasteiger partial charge on any atom is -0.383 e. The number of hydrogen-bond acceptors (Lipinski definition) is 6. The smallest absolute Gasteiger partial charge is 0.137 e. The topological polar surface area (TPSA) is 101 Å². The highest BCUT2D eigenvalue weighted by Gasteiger charge is 2.32. The number of morpholine rings is 1. The van der Waals surface area contributed by atoms with Crippen LogP contribution in [0.15, 0.2) is 23.2 Å². The van der Waals surface area contributed by atoms with E-state index in [1.165, 1.54) is 11.3 Å². The zero-order chi connectivity index (χ0) is 20.5. The van der Waals surface area contributed by atoms with Crippen molar-refractivity contribution in [2.75, 3.05) is 31.3 Å². The van der Waals surface area contributed by atoms with E-state index >= 15 is 0 Å². The molecule has 1 fully saturated rings. The van der Waals surface area contributed by atoms with E-state index in [1.807, 2.05) is 13.8 Å². The summed E-state index contributed by atoms with van der Waals surface area (Å²) in [6, 6.07) is 7.52. The van der Waals surface area contributed by atoms with Gasteiger partial charge < -0.3 is 21.1 Å². The number of nitrogens with two attached hydrogens (primary N) is 2. The Morgan fingerprint density at radius 2 is 2.18 bits per heavy atom. The van der Waals surface area contributed by atoms with Crippen LogP contribution >= 0.6 is 34.5 Å². The highest BCUT2D eigenvalue weighted by atomic mass is 35.5. The van der Waals surface area contributed by atoms with E-state index in [4.69, 9.17) is 39.4 Å². The lowest BCUT2D eigenvalue weighted by Gasteiger charge is -2.38. The fourth-order valence-electron chi connectivity index (χ4n) is 3.24. The standard InChI is InChI=1S/C19H21Cl2N5OS/c1-19(2)9-26(5-6-27-19)18-13(8-22)15(16(28-18)17(24)25-10-23)12-4-3-11(20)7-14(12)21/h3-4,7H,5-6,9-10,23H2,1-2H3,(H2,24,25). The summed E-state index contributed by atoms with van der Waals surface area (Å²) in [6.07, 6.45) is 0. The molecule has 0 atom stereocenters. The van der Waals surface area contributed by atoms with Gasteiger partial charge in [0.15, 0.2) is 0 Å². The van der Waals surface area contributed by atoms with Crippen LogP contribution < -0.4 is 16.4 Å². The van der Waals surface area contributed by atoms with Crippen molar-refractivity contribution in [3.63, 3.8) is 0 Å². The van der Waals surface area contributed by atoms with E-state index in [0.717, 1.165) is 5.00 Å². The largest absolute Gasteiger partial charge is 0.383 e. The van der Waals surface area contributed by atoms with Gasteiger partial charge in [-0.3, -0.25) is 4.99 Å². The Hall–Kier alpha value is -1.82.